The van der Waals surface area contributed by atoms with E-state index >= 15 is 0 Å². The van der Waals surface area contributed by atoms with Crippen LogP contribution in [0.3, 0.4) is 0 Å². The number of aromatic nitrogens is 1. The fraction of sp³-hybridized carbons (Fsp3) is 0.226. The Balaban J connectivity index is 1.41. The van der Waals surface area contributed by atoms with Crippen LogP contribution in [0, 0.1) is 0 Å². The Labute approximate surface area is 221 Å². The van der Waals surface area contributed by atoms with Gasteiger partial charge in [-0.15, -0.1) is 0 Å². The molecule has 0 bridgehead atoms. The van der Waals surface area contributed by atoms with Crippen molar-refractivity contribution in [3.63, 3.8) is 0 Å². The normalized spacial score (nSPS) is 17.1. The summed E-state index contributed by atoms with van der Waals surface area (Å²) < 4.78 is 13.8. The van der Waals surface area contributed by atoms with E-state index in [0.717, 1.165) is 33.2 Å². The molecule has 4 aromatic rings. The van der Waals surface area contributed by atoms with Gasteiger partial charge in [-0.1, -0.05) is 72.8 Å². The van der Waals surface area contributed by atoms with Crippen molar-refractivity contribution in [2.75, 3.05) is 0 Å². The highest BCUT2D eigenvalue weighted by molar-refractivity contribution is 5.95. The van der Waals surface area contributed by atoms with Crippen LogP contribution in [0.4, 0.5) is 0 Å². The number of carbonyl (C=O) groups is 2. The number of amides is 1. The molecule has 194 valence electrons. The van der Waals surface area contributed by atoms with Crippen LogP contribution in [-0.2, 0) is 34.0 Å². The topological polar surface area (TPSA) is 89.8 Å². The zero-order valence-corrected chi connectivity index (χ0v) is 21.2. The third-order valence-corrected chi connectivity index (χ3v) is 6.70. The lowest BCUT2D eigenvalue weighted by molar-refractivity contribution is -0.150. The van der Waals surface area contributed by atoms with E-state index in [2.05, 4.69) is 5.32 Å². The number of hydrogen-bond acceptors (Lipinski definition) is 5. The number of hydrogen-bond donors (Lipinski definition) is 2. The van der Waals surface area contributed by atoms with E-state index < -0.39 is 6.29 Å². The predicted molar refractivity (Wildman–Crippen MR) is 144 cm³/mol. The quantitative estimate of drug-likeness (QED) is 0.347. The van der Waals surface area contributed by atoms with Gasteiger partial charge in [0.1, 0.15) is 0 Å². The van der Waals surface area contributed by atoms with E-state index in [9.17, 15) is 14.7 Å². The number of benzene rings is 3. The summed E-state index contributed by atoms with van der Waals surface area (Å²) in [5.74, 6) is -0.413. The maximum absolute atomic E-state index is 13.2. The van der Waals surface area contributed by atoms with Gasteiger partial charge in [0.15, 0.2) is 5.76 Å². The highest BCUT2D eigenvalue weighted by Crippen LogP contribution is 2.36. The van der Waals surface area contributed by atoms with E-state index in [4.69, 9.17) is 9.47 Å². The predicted octanol–water partition coefficient (Wildman–Crippen LogP) is 5.04. The number of allylic oxidation sites excluding steroid dienone is 1. The molecule has 7 heteroatoms. The van der Waals surface area contributed by atoms with Crippen molar-refractivity contribution in [1.29, 1.82) is 0 Å². The number of aliphatic hydroxyl groups is 1. The molecule has 0 aliphatic carbocycles. The molecule has 0 saturated carbocycles. The molecule has 2 N–H and O–H groups in total. The van der Waals surface area contributed by atoms with Crippen LogP contribution >= 0.6 is 0 Å². The number of ether oxygens (including phenoxy) is 2. The van der Waals surface area contributed by atoms with Crippen molar-refractivity contribution in [2.45, 2.75) is 45.3 Å². The molecule has 1 aliphatic rings. The first kappa shape index (κ1) is 25.4. The van der Waals surface area contributed by atoms with Crippen molar-refractivity contribution in [1.82, 2.24) is 9.88 Å². The zero-order chi connectivity index (χ0) is 26.5. The summed E-state index contributed by atoms with van der Waals surface area (Å²) in [7, 11) is 0. The average molecular weight is 511 g/mol. The maximum Gasteiger partial charge on any atom is 0.286 e. The smallest absolute Gasteiger partial charge is 0.286 e. The van der Waals surface area contributed by atoms with Crippen molar-refractivity contribution >= 4 is 22.7 Å². The highest BCUT2D eigenvalue weighted by Gasteiger charge is 2.30. The van der Waals surface area contributed by atoms with Crippen molar-refractivity contribution in [3.8, 4) is 0 Å². The summed E-state index contributed by atoms with van der Waals surface area (Å²) in [6, 6.07) is 24.9. The molecule has 38 heavy (non-hydrogen) atoms. The van der Waals surface area contributed by atoms with Crippen LogP contribution in [-0.4, -0.2) is 27.8 Å². The second-order valence-corrected chi connectivity index (χ2v) is 9.37. The summed E-state index contributed by atoms with van der Waals surface area (Å²) in [5, 5.41) is 13.2. The molecule has 5 rings (SSSR count). The molecule has 0 fully saturated rings. The van der Waals surface area contributed by atoms with Crippen LogP contribution in [0.1, 0.15) is 46.3 Å². The van der Waals surface area contributed by atoms with Crippen LogP contribution in [0.15, 0.2) is 96.9 Å². The molecule has 2 atom stereocenters. The van der Waals surface area contributed by atoms with Crippen molar-refractivity contribution in [3.05, 3.63) is 119 Å². The van der Waals surface area contributed by atoms with E-state index in [1.165, 1.54) is 6.92 Å². The molecule has 0 saturated heterocycles. The standard InChI is InChI=1S/C31H30N2O5/c1-21(35)33-18-27(26-9-5-6-10-28(26)33)25-15-29(31(36)32-17-22-7-3-2-4-8-22)38-30(16-25)37-20-24-13-11-23(19-34)12-14-24/h2-15,18,25,30,34H,16-17,19-20H2,1H3,(H,32,36)/t25-,30+/m0/s1. The number of nitrogens with one attached hydrogen (secondary N) is 1. The van der Waals surface area contributed by atoms with Crippen LogP contribution in [0.5, 0.6) is 0 Å². The number of fused-ring (bicyclic) bond motifs is 1. The minimum Gasteiger partial charge on any atom is -0.459 e. The SMILES string of the molecule is CC(=O)n1cc([C@H]2C=C(C(=O)NCc3ccccc3)O[C@@H](OCc3ccc(CO)cc3)C2)c2ccccc21. The third-order valence-electron chi connectivity index (χ3n) is 6.70. The first-order chi connectivity index (χ1) is 18.5. The van der Waals surface area contributed by atoms with E-state index in [1.54, 1.807) is 4.57 Å². The van der Waals surface area contributed by atoms with E-state index in [1.807, 2.05) is 91.1 Å². The molecule has 0 spiro atoms. The third kappa shape index (κ3) is 5.69. The molecule has 0 radical (unpaired) electrons. The van der Waals surface area contributed by atoms with E-state index in [-0.39, 0.29) is 36.7 Å². The summed E-state index contributed by atoms with van der Waals surface area (Å²) in [6.45, 7) is 2.18. The van der Waals surface area contributed by atoms with Gasteiger partial charge in [-0.2, -0.15) is 0 Å². The van der Waals surface area contributed by atoms with Gasteiger partial charge in [0.25, 0.3) is 5.91 Å². The Kier molecular flexibility index (Phi) is 7.67. The molecule has 7 nitrogen and oxygen atoms in total. The molecule has 1 aromatic heterocycles. The molecule has 1 aliphatic heterocycles. The molecule has 3 aromatic carbocycles. The summed E-state index contributed by atoms with van der Waals surface area (Å²) >= 11 is 0. The monoisotopic (exact) mass is 510 g/mol. The van der Waals surface area contributed by atoms with Gasteiger partial charge in [-0.25, -0.2) is 0 Å². The Morgan fingerprint density at radius 1 is 0.974 bits per heavy atom. The largest absolute Gasteiger partial charge is 0.459 e. The Hall–Kier alpha value is -4.20. The lowest BCUT2D eigenvalue weighted by atomic mass is 9.92. The fourth-order valence-corrected chi connectivity index (χ4v) is 4.69. The zero-order valence-electron chi connectivity index (χ0n) is 21.2. The summed E-state index contributed by atoms with van der Waals surface area (Å²) in [5.41, 5.74) is 4.50. The molecule has 1 amide bonds. The lowest BCUT2D eigenvalue weighted by Crippen LogP contribution is -2.32. The summed E-state index contributed by atoms with van der Waals surface area (Å²) in [6.07, 6.45) is 3.49. The molecule has 2 heterocycles. The highest BCUT2D eigenvalue weighted by atomic mass is 16.7. The number of carbonyl (C=O) groups excluding carboxylic acids is 2. The number of nitrogens with zero attached hydrogens (tertiary/aromatic N) is 1. The minimum absolute atomic E-state index is 0.0192. The Morgan fingerprint density at radius 3 is 2.42 bits per heavy atom. The Morgan fingerprint density at radius 2 is 1.68 bits per heavy atom. The second kappa shape index (κ2) is 11.5. The second-order valence-electron chi connectivity index (χ2n) is 9.37. The van der Waals surface area contributed by atoms with Gasteiger partial charge < -0.3 is 19.9 Å². The maximum atomic E-state index is 13.2. The van der Waals surface area contributed by atoms with Crippen LogP contribution in [0.25, 0.3) is 10.9 Å². The van der Waals surface area contributed by atoms with Gasteiger partial charge in [-0.3, -0.25) is 14.2 Å². The van der Waals surface area contributed by atoms with Crippen molar-refractivity contribution in [2.24, 2.45) is 0 Å². The fourth-order valence-electron chi connectivity index (χ4n) is 4.69. The first-order valence-corrected chi connectivity index (χ1v) is 12.6. The molecular formula is C31H30N2O5. The van der Waals surface area contributed by atoms with Gasteiger partial charge in [-0.05, 0) is 34.4 Å². The number of para-hydroxylation sites is 1. The number of aliphatic hydroxyl groups excluding tert-OH is 1. The average Bonchev–Trinajstić information content (AvgIpc) is 3.36. The van der Waals surface area contributed by atoms with Crippen molar-refractivity contribution < 1.29 is 24.2 Å². The van der Waals surface area contributed by atoms with Gasteiger partial charge in [0.05, 0.1) is 18.7 Å². The molecular weight excluding hydrogens is 480 g/mol. The van der Waals surface area contributed by atoms with Gasteiger partial charge in [0, 0.05) is 37.4 Å². The molecule has 0 unspecified atom stereocenters. The number of rotatable bonds is 8. The van der Waals surface area contributed by atoms with E-state index in [0.29, 0.717) is 13.0 Å². The minimum atomic E-state index is -0.667. The Bertz CT molecular complexity index is 1460. The van der Waals surface area contributed by atoms with Crippen LogP contribution < -0.4 is 5.32 Å². The van der Waals surface area contributed by atoms with Gasteiger partial charge >= 0.3 is 0 Å². The lowest BCUT2D eigenvalue weighted by Gasteiger charge is -2.29. The van der Waals surface area contributed by atoms with Gasteiger partial charge in [0.2, 0.25) is 12.2 Å². The van der Waals surface area contributed by atoms with Crippen LogP contribution in [0.2, 0.25) is 0 Å². The first-order valence-electron chi connectivity index (χ1n) is 12.6. The summed E-state index contributed by atoms with van der Waals surface area (Å²) in [4.78, 5) is 25.5.